The van der Waals surface area contributed by atoms with E-state index in [1.54, 1.807) is 7.11 Å². The molecule has 1 atom stereocenters. The summed E-state index contributed by atoms with van der Waals surface area (Å²) in [6.45, 7) is 4.72. The zero-order chi connectivity index (χ0) is 13.2. The molecule has 0 heterocycles. The molecule has 3 nitrogen and oxygen atoms in total. The van der Waals surface area contributed by atoms with Crippen LogP contribution in [0.2, 0.25) is 0 Å². The summed E-state index contributed by atoms with van der Waals surface area (Å²) in [5, 5.41) is 14.3. The van der Waals surface area contributed by atoms with Gasteiger partial charge in [0.1, 0.15) is 11.4 Å². The van der Waals surface area contributed by atoms with Crippen LogP contribution < -0.4 is 10.1 Å². The molecule has 1 unspecified atom stereocenters. The number of nitrogens with one attached hydrogen (secondary N) is 1. The quantitative estimate of drug-likeness (QED) is 0.813. The van der Waals surface area contributed by atoms with Gasteiger partial charge >= 0.3 is 0 Å². The van der Waals surface area contributed by atoms with Crippen LogP contribution in [0.15, 0.2) is 24.3 Å². The van der Waals surface area contributed by atoms with Crippen LogP contribution in [-0.4, -0.2) is 24.8 Å². The molecule has 18 heavy (non-hydrogen) atoms. The van der Waals surface area contributed by atoms with E-state index in [0.29, 0.717) is 12.6 Å². The van der Waals surface area contributed by atoms with Gasteiger partial charge in [0.15, 0.2) is 0 Å². The molecule has 1 fully saturated rings. The molecule has 2 N–H and O–H groups in total. The monoisotopic (exact) mass is 249 g/mol. The summed E-state index contributed by atoms with van der Waals surface area (Å²) in [6.07, 6.45) is 2.47. The standard InChI is InChI=1S/C15H23NO2/c1-11(2)15(17,10-16-13-6-7-13)12-4-8-14(18-3)9-5-12/h4-5,8-9,11,13,16-17H,6-7,10H2,1-3H3. The third-order valence-corrected chi connectivity index (χ3v) is 3.78. The molecule has 0 radical (unpaired) electrons. The highest BCUT2D eigenvalue weighted by atomic mass is 16.5. The lowest BCUT2D eigenvalue weighted by atomic mass is 9.83. The Hall–Kier alpha value is -1.06. The largest absolute Gasteiger partial charge is 0.497 e. The lowest BCUT2D eigenvalue weighted by Gasteiger charge is -2.33. The van der Waals surface area contributed by atoms with Crippen molar-refractivity contribution in [2.24, 2.45) is 5.92 Å². The molecule has 0 aliphatic heterocycles. The first-order chi connectivity index (χ1) is 8.56. The number of methoxy groups -OCH3 is 1. The third kappa shape index (κ3) is 2.85. The van der Waals surface area contributed by atoms with Crippen LogP contribution in [0.5, 0.6) is 5.75 Å². The van der Waals surface area contributed by atoms with E-state index in [4.69, 9.17) is 4.74 Å². The topological polar surface area (TPSA) is 41.5 Å². The van der Waals surface area contributed by atoms with Crippen LogP contribution >= 0.6 is 0 Å². The fourth-order valence-corrected chi connectivity index (χ4v) is 2.11. The minimum atomic E-state index is -0.811. The summed E-state index contributed by atoms with van der Waals surface area (Å²) in [6, 6.07) is 8.31. The number of ether oxygens (including phenoxy) is 1. The first-order valence-electron chi connectivity index (χ1n) is 6.66. The molecule has 0 bridgehead atoms. The second kappa shape index (κ2) is 5.29. The van der Waals surface area contributed by atoms with Crippen molar-refractivity contribution in [1.82, 2.24) is 5.32 Å². The SMILES string of the molecule is COc1ccc(C(O)(CNC2CC2)C(C)C)cc1. The van der Waals surface area contributed by atoms with Gasteiger partial charge in [-0.15, -0.1) is 0 Å². The zero-order valence-electron chi connectivity index (χ0n) is 11.4. The van der Waals surface area contributed by atoms with Crippen LogP contribution in [0.4, 0.5) is 0 Å². The summed E-state index contributed by atoms with van der Waals surface area (Å²) >= 11 is 0. The molecule has 1 saturated carbocycles. The van der Waals surface area contributed by atoms with Crippen molar-refractivity contribution >= 4 is 0 Å². The molecule has 0 aromatic heterocycles. The lowest BCUT2D eigenvalue weighted by molar-refractivity contribution is -0.00957. The molecule has 3 heteroatoms. The van der Waals surface area contributed by atoms with Crippen molar-refractivity contribution in [2.45, 2.75) is 38.3 Å². The molecular weight excluding hydrogens is 226 g/mol. The maximum Gasteiger partial charge on any atom is 0.118 e. The minimum absolute atomic E-state index is 0.164. The second-order valence-electron chi connectivity index (χ2n) is 5.46. The molecule has 2 rings (SSSR count). The van der Waals surface area contributed by atoms with Gasteiger partial charge in [-0.2, -0.15) is 0 Å². The molecule has 1 aromatic rings. The van der Waals surface area contributed by atoms with Gasteiger partial charge in [-0.05, 0) is 36.5 Å². The van der Waals surface area contributed by atoms with Gasteiger partial charge in [-0.1, -0.05) is 26.0 Å². The third-order valence-electron chi connectivity index (χ3n) is 3.78. The van der Waals surface area contributed by atoms with Crippen molar-refractivity contribution in [1.29, 1.82) is 0 Å². The molecule has 1 aliphatic carbocycles. The first-order valence-corrected chi connectivity index (χ1v) is 6.66. The zero-order valence-corrected chi connectivity index (χ0v) is 11.4. The van der Waals surface area contributed by atoms with Gasteiger partial charge in [0, 0.05) is 12.6 Å². The van der Waals surface area contributed by atoms with Crippen molar-refractivity contribution in [3.05, 3.63) is 29.8 Å². The molecule has 0 spiro atoms. The Balaban J connectivity index is 2.15. The van der Waals surface area contributed by atoms with Crippen LogP contribution in [-0.2, 0) is 5.60 Å². The Bertz CT molecular complexity index is 384. The highest BCUT2D eigenvalue weighted by molar-refractivity contribution is 5.31. The first kappa shape index (κ1) is 13.4. The molecule has 0 amide bonds. The van der Waals surface area contributed by atoms with E-state index < -0.39 is 5.60 Å². The van der Waals surface area contributed by atoms with Crippen LogP contribution in [0.3, 0.4) is 0 Å². The number of benzene rings is 1. The Labute approximate surface area is 109 Å². The molecule has 1 aromatic carbocycles. The molecule has 1 aliphatic rings. The van der Waals surface area contributed by atoms with Crippen LogP contribution in [0.1, 0.15) is 32.3 Å². The average Bonchev–Trinajstić information content (AvgIpc) is 3.20. The summed E-state index contributed by atoms with van der Waals surface area (Å²) < 4.78 is 5.15. The van der Waals surface area contributed by atoms with Gasteiger partial charge in [0.05, 0.1) is 7.11 Å². The smallest absolute Gasteiger partial charge is 0.118 e. The van der Waals surface area contributed by atoms with E-state index in [1.165, 1.54) is 12.8 Å². The second-order valence-corrected chi connectivity index (χ2v) is 5.46. The number of aliphatic hydroxyl groups is 1. The predicted molar refractivity (Wildman–Crippen MR) is 72.8 cm³/mol. The highest BCUT2D eigenvalue weighted by Gasteiger charge is 2.35. The Kier molecular flexibility index (Phi) is 3.93. The Morgan fingerprint density at radius 2 is 1.94 bits per heavy atom. The van der Waals surface area contributed by atoms with E-state index >= 15 is 0 Å². The van der Waals surface area contributed by atoms with Crippen molar-refractivity contribution < 1.29 is 9.84 Å². The fraction of sp³-hybridized carbons (Fsp3) is 0.600. The maximum absolute atomic E-state index is 10.9. The van der Waals surface area contributed by atoms with Gasteiger partial charge in [-0.3, -0.25) is 0 Å². The summed E-state index contributed by atoms with van der Waals surface area (Å²) in [4.78, 5) is 0. The van der Waals surface area contributed by atoms with Crippen molar-refractivity contribution in [2.75, 3.05) is 13.7 Å². The van der Waals surface area contributed by atoms with Gasteiger partial charge in [-0.25, -0.2) is 0 Å². The molecule has 0 saturated heterocycles. The summed E-state index contributed by atoms with van der Waals surface area (Å²) in [7, 11) is 1.65. The number of hydrogen-bond donors (Lipinski definition) is 2. The van der Waals surface area contributed by atoms with E-state index in [-0.39, 0.29) is 5.92 Å². The minimum Gasteiger partial charge on any atom is -0.497 e. The van der Waals surface area contributed by atoms with Crippen molar-refractivity contribution in [3.8, 4) is 5.75 Å². The van der Waals surface area contributed by atoms with E-state index in [2.05, 4.69) is 19.2 Å². The van der Waals surface area contributed by atoms with Gasteiger partial charge < -0.3 is 15.2 Å². The average molecular weight is 249 g/mol. The summed E-state index contributed by atoms with van der Waals surface area (Å²) in [5.74, 6) is 0.983. The van der Waals surface area contributed by atoms with Crippen LogP contribution in [0, 0.1) is 5.92 Å². The van der Waals surface area contributed by atoms with Gasteiger partial charge in [0.2, 0.25) is 0 Å². The van der Waals surface area contributed by atoms with Gasteiger partial charge in [0.25, 0.3) is 0 Å². The van der Waals surface area contributed by atoms with E-state index in [9.17, 15) is 5.11 Å². The normalized spacial score (nSPS) is 18.7. The van der Waals surface area contributed by atoms with Crippen molar-refractivity contribution in [3.63, 3.8) is 0 Å². The highest BCUT2D eigenvalue weighted by Crippen LogP contribution is 2.31. The molecular formula is C15H23NO2. The van der Waals surface area contributed by atoms with E-state index in [1.807, 2.05) is 24.3 Å². The molecule has 100 valence electrons. The maximum atomic E-state index is 10.9. The van der Waals surface area contributed by atoms with E-state index in [0.717, 1.165) is 11.3 Å². The number of hydrogen-bond acceptors (Lipinski definition) is 3. The summed E-state index contributed by atoms with van der Waals surface area (Å²) in [5.41, 5.74) is 0.140. The predicted octanol–water partition coefficient (Wildman–Crippen LogP) is 2.29. The fourth-order valence-electron chi connectivity index (χ4n) is 2.11. The number of rotatable bonds is 6. The Morgan fingerprint density at radius 3 is 2.39 bits per heavy atom. The Morgan fingerprint density at radius 1 is 1.33 bits per heavy atom. The van der Waals surface area contributed by atoms with Crippen LogP contribution in [0.25, 0.3) is 0 Å². The lowest BCUT2D eigenvalue weighted by Crippen LogP contribution is -2.43.